The van der Waals surface area contributed by atoms with E-state index >= 15 is 0 Å². The van der Waals surface area contributed by atoms with E-state index in [2.05, 4.69) is 10.1 Å². The van der Waals surface area contributed by atoms with E-state index in [0.29, 0.717) is 17.0 Å². The van der Waals surface area contributed by atoms with Crippen LogP contribution in [0.3, 0.4) is 0 Å². The van der Waals surface area contributed by atoms with E-state index in [1.165, 1.54) is 13.3 Å². The zero-order chi connectivity index (χ0) is 19.6. The quantitative estimate of drug-likeness (QED) is 0.621. The molecule has 2 heterocycles. The van der Waals surface area contributed by atoms with Crippen LogP contribution >= 0.6 is 0 Å². The molecule has 2 aromatic heterocycles. The molecular weight excluding hydrogens is 348 g/mol. The van der Waals surface area contributed by atoms with Gasteiger partial charge in [-0.15, -0.1) is 0 Å². The number of aromatic nitrogens is 3. The zero-order valence-corrected chi connectivity index (χ0v) is 16.0. The summed E-state index contributed by atoms with van der Waals surface area (Å²) in [4.78, 5) is 22.2. The van der Waals surface area contributed by atoms with Gasteiger partial charge in [-0.3, -0.25) is 9.63 Å². The summed E-state index contributed by atoms with van der Waals surface area (Å²) in [5.74, 6) is 0.372. The van der Waals surface area contributed by atoms with Gasteiger partial charge in [-0.1, -0.05) is 12.1 Å². The molecular formula is C19H22N4O4. The molecule has 0 bridgehead atoms. The highest BCUT2D eigenvalue weighted by Crippen LogP contribution is 2.30. The van der Waals surface area contributed by atoms with Crippen LogP contribution < -0.4 is 4.74 Å². The SMILES string of the molecule is COCc1c(C(=O)N(C)OC)cnn1-c1cc(C)nc2c(OC)cccc12. The molecule has 0 atom stereocenters. The molecule has 0 aliphatic rings. The third-order valence-corrected chi connectivity index (χ3v) is 4.30. The number of hydrogen-bond donors (Lipinski definition) is 0. The Hall–Kier alpha value is -2.97. The fourth-order valence-corrected chi connectivity index (χ4v) is 2.96. The fraction of sp³-hybridized carbons (Fsp3) is 0.316. The van der Waals surface area contributed by atoms with Crippen molar-refractivity contribution in [3.8, 4) is 11.4 Å². The Kier molecular flexibility index (Phi) is 5.38. The van der Waals surface area contributed by atoms with Gasteiger partial charge in [0.2, 0.25) is 0 Å². The van der Waals surface area contributed by atoms with Gasteiger partial charge in [0.05, 0.1) is 44.0 Å². The van der Waals surface area contributed by atoms with Gasteiger partial charge in [-0.25, -0.2) is 14.7 Å². The first-order valence-corrected chi connectivity index (χ1v) is 8.34. The number of para-hydroxylation sites is 1. The number of hydrogen-bond acceptors (Lipinski definition) is 6. The Bertz CT molecular complexity index is 983. The standard InChI is InChI=1S/C19H22N4O4/c1-12-9-15(13-7-6-8-17(26-4)18(13)21-12)23-16(11-25-3)14(10-20-23)19(24)22(2)27-5/h6-10H,11H2,1-5H3. The summed E-state index contributed by atoms with van der Waals surface area (Å²) < 4.78 is 12.5. The number of nitrogens with zero attached hydrogens (tertiary/aromatic N) is 4. The largest absolute Gasteiger partial charge is 0.494 e. The number of benzene rings is 1. The summed E-state index contributed by atoms with van der Waals surface area (Å²) in [5.41, 5.74) is 3.37. The van der Waals surface area contributed by atoms with Crippen LogP contribution in [0.25, 0.3) is 16.6 Å². The minimum Gasteiger partial charge on any atom is -0.494 e. The molecule has 3 aromatic rings. The lowest BCUT2D eigenvalue weighted by Gasteiger charge is -2.16. The highest BCUT2D eigenvalue weighted by Gasteiger charge is 2.23. The van der Waals surface area contributed by atoms with E-state index in [9.17, 15) is 4.79 Å². The molecule has 0 spiro atoms. The molecule has 0 radical (unpaired) electrons. The summed E-state index contributed by atoms with van der Waals surface area (Å²) in [6.07, 6.45) is 1.52. The Balaban J connectivity index is 2.25. The highest BCUT2D eigenvalue weighted by atomic mass is 16.7. The van der Waals surface area contributed by atoms with Gasteiger partial charge in [-0.2, -0.15) is 5.10 Å². The van der Waals surface area contributed by atoms with Crippen molar-refractivity contribution in [1.82, 2.24) is 19.8 Å². The number of carbonyl (C=O) groups excluding carboxylic acids is 1. The number of methoxy groups -OCH3 is 2. The molecule has 0 aliphatic heterocycles. The van der Waals surface area contributed by atoms with Crippen LogP contribution in [0.15, 0.2) is 30.5 Å². The normalized spacial score (nSPS) is 11.0. The van der Waals surface area contributed by atoms with E-state index < -0.39 is 0 Å². The minimum atomic E-state index is -0.302. The molecule has 0 N–H and O–H groups in total. The van der Waals surface area contributed by atoms with Crippen LogP contribution in [0, 0.1) is 6.92 Å². The van der Waals surface area contributed by atoms with Crippen LogP contribution in [0.2, 0.25) is 0 Å². The van der Waals surface area contributed by atoms with Crippen molar-refractivity contribution >= 4 is 16.8 Å². The Morgan fingerprint density at radius 3 is 2.70 bits per heavy atom. The van der Waals surface area contributed by atoms with Crippen molar-refractivity contribution in [2.24, 2.45) is 0 Å². The maximum atomic E-state index is 12.6. The summed E-state index contributed by atoms with van der Waals surface area (Å²) in [7, 11) is 6.17. The lowest BCUT2D eigenvalue weighted by molar-refractivity contribution is -0.0758. The lowest BCUT2D eigenvalue weighted by Crippen LogP contribution is -2.26. The summed E-state index contributed by atoms with van der Waals surface area (Å²) in [6, 6.07) is 7.62. The van der Waals surface area contributed by atoms with Gasteiger partial charge in [-0.05, 0) is 19.1 Å². The van der Waals surface area contributed by atoms with E-state index in [-0.39, 0.29) is 12.5 Å². The first kappa shape index (κ1) is 18.8. The summed E-state index contributed by atoms with van der Waals surface area (Å²) >= 11 is 0. The molecule has 1 amide bonds. The number of pyridine rings is 1. The van der Waals surface area contributed by atoms with Gasteiger partial charge in [0.15, 0.2) is 0 Å². The number of ether oxygens (including phenoxy) is 2. The molecule has 142 valence electrons. The molecule has 0 unspecified atom stereocenters. The second-order valence-electron chi connectivity index (χ2n) is 5.97. The number of fused-ring (bicyclic) bond motifs is 1. The van der Waals surface area contributed by atoms with Crippen molar-refractivity contribution in [2.45, 2.75) is 13.5 Å². The molecule has 27 heavy (non-hydrogen) atoms. The number of amides is 1. The number of carbonyl (C=O) groups is 1. The molecule has 0 saturated carbocycles. The molecule has 8 nitrogen and oxygen atoms in total. The molecule has 0 saturated heterocycles. The lowest BCUT2D eigenvalue weighted by atomic mass is 10.1. The van der Waals surface area contributed by atoms with Crippen molar-refractivity contribution < 1.29 is 19.1 Å². The predicted octanol–water partition coefficient (Wildman–Crippen LogP) is 2.52. The monoisotopic (exact) mass is 370 g/mol. The van der Waals surface area contributed by atoms with Crippen molar-refractivity contribution in [2.75, 3.05) is 28.4 Å². The number of aryl methyl sites for hydroxylation is 1. The molecule has 1 aromatic carbocycles. The highest BCUT2D eigenvalue weighted by molar-refractivity contribution is 5.95. The Morgan fingerprint density at radius 2 is 2.04 bits per heavy atom. The zero-order valence-electron chi connectivity index (χ0n) is 16.0. The first-order chi connectivity index (χ1) is 13.0. The van der Waals surface area contributed by atoms with Crippen LogP contribution in [0.5, 0.6) is 5.75 Å². The number of hydroxylamine groups is 2. The maximum Gasteiger partial charge on any atom is 0.280 e. The van der Waals surface area contributed by atoms with E-state index in [0.717, 1.165) is 27.3 Å². The predicted molar refractivity (Wildman–Crippen MR) is 100.0 cm³/mol. The van der Waals surface area contributed by atoms with Crippen LogP contribution in [-0.4, -0.2) is 54.1 Å². The topological polar surface area (TPSA) is 78.7 Å². The summed E-state index contributed by atoms with van der Waals surface area (Å²) in [6.45, 7) is 2.12. The van der Waals surface area contributed by atoms with Crippen LogP contribution in [-0.2, 0) is 16.2 Å². The van der Waals surface area contributed by atoms with Gasteiger partial charge < -0.3 is 9.47 Å². The third-order valence-electron chi connectivity index (χ3n) is 4.30. The van der Waals surface area contributed by atoms with Gasteiger partial charge in [0, 0.05) is 25.2 Å². The van der Waals surface area contributed by atoms with Gasteiger partial charge in [0.25, 0.3) is 5.91 Å². The molecule has 8 heteroatoms. The maximum absolute atomic E-state index is 12.6. The first-order valence-electron chi connectivity index (χ1n) is 8.34. The molecule has 0 fully saturated rings. The Labute approximate surface area is 157 Å². The van der Waals surface area contributed by atoms with Crippen LogP contribution in [0.4, 0.5) is 0 Å². The van der Waals surface area contributed by atoms with Crippen molar-refractivity contribution in [1.29, 1.82) is 0 Å². The molecule has 3 rings (SSSR count). The summed E-state index contributed by atoms with van der Waals surface area (Å²) in [5, 5.41) is 6.47. The average Bonchev–Trinajstić information content (AvgIpc) is 3.09. The van der Waals surface area contributed by atoms with Crippen LogP contribution in [0.1, 0.15) is 21.7 Å². The Morgan fingerprint density at radius 1 is 1.26 bits per heavy atom. The van der Waals surface area contributed by atoms with Gasteiger partial charge in [0.1, 0.15) is 11.3 Å². The van der Waals surface area contributed by atoms with Crippen molar-refractivity contribution in [3.05, 3.63) is 47.4 Å². The van der Waals surface area contributed by atoms with E-state index in [1.54, 1.807) is 25.9 Å². The second kappa shape index (κ2) is 7.73. The van der Waals surface area contributed by atoms with E-state index in [1.807, 2.05) is 31.2 Å². The second-order valence-corrected chi connectivity index (χ2v) is 5.97. The van der Waals surface area contributed by atoms with E-state index in [4.69, 9.17) is 14.3 Å². The smallest absolute Gasteiger partial charge is 0.280 e. The van der Waals surface area contributed by atoms with Crippen molar-refractivity contribution in [3.63, 3.8) is 0 Å². The minimum absolute atomic E-state index is 0.214. The fourth-order valence-electron chi connectivity index (χ4n) is 2.96. The average molecular weight is 370 g/mol. The molecule has 0 aliphatic carbocycles. The van der Waals surface area contributed by atoms with Gasteiger partial charge >= 0.3 is 0 Å². The number of rotatable bonds is 6. The third kappa shape index (κ3) is 3.36.